The molecule has 0 saturated heterocycles. The van der Waals surface area contributed by atoms with Crippen LogP contribution in [0.5, 0.6) is 5.75 Å². The van der Waals surface area contributed by atoms with Gasteiger partial charge in [-0.25, -0.2) is 0 Å². The van der Waals surface area contributed by atoms with E-state index < -0.39 is 0 Å². The van der Waals surface area contributed by atoms with E-state index in [2.05, 4.69) is 5.32 Å². The van der Waals surface area contributed by atoms with E-state index in [1.165, 1.54) is 12.8 Å². The van der Waals surface area contributed by atoms with Crippen molar-refractivity contribution in [1.82, 2.24) is 5.32 Å². The molecule has 2 unspecified atom stereocenters. The third-order valence-corrected chi connectivity index (χ3v) is 3.96. The van der Waals surface area contributed by atoms with Crippen LogP contribution in [0.25, 0.3) is 0 Å². The molecule has 2 atom stereocenters. The van der Waals surface area contributed by atoms with E-state index >= 15 is 0 Å². The first kappa shape index (κ1) is 14.9. The molecule has 1 saturated carbocycles. The molecule has 0 radical (unpaired) electrons. The lowest BCUT2D eigenvalue weighted by Crippen LogP contribution is -2.44. The van der Waals surface area contributed by atoms with E-state index in [-0.39, 0.29) is 11.9 Å². The van der Waals surface area contributed by atoms with Gasteiger partial charge in [-0.15, -0.1) is 0 Å². The second-order valence-electron chi connectivity index (χ2n) is 5.32. The first-order valence-electron chi connectivity index (χ1n) is 7.48. The first-order chi connectivity index (χ1) is 9.74. The number of amides is 1. The van der Waals surface area contributed by atoms with Gasteiger partial charge >= 0.3 is 0 Å². The standard InChI is InChI=1S/C16H24N2O2/c1-2-20-14-9-7-12(8-10-14)16(19)18-15-6-4-3-5-13(15)11-17/h7-10,13,15H,2-6,11,17H2,1H3,(H,18,19). The van der Waals surface area contributed by atoms with Crippen LogP contribution in [0.1, 0.15) is 43.0 Å². The number of rotatable bonds is 5. The van der Waals surface area contributed by atoms with Crippen LogP contribution in [-0.2, 0) is 0 Å². The summed E-state index contributed by atoms with van der Waals surface area (Å²) >= 11 is 0. The fraction of sp³-hybridized carbons (Fsp3) is 0.562. The zero-order valence-corrected chi connectivity index (χ0v) is 12.1. The summed E-state index contributed by atoms with van der Waals surface area (Å²) in [5.41, 5.74) is 6.47. The Morgan fingerprint density at radius 3 is 2.65 bits per heavy atom. The fourth-order valence-electron chi connectivity index (χ4n) is 2.80. The van der Waals surface area contributed by atoms with E-state index in [1.807, 2.05) is 19.1 Å². The zero-order chi connectivity index (χ0) is 14.4. The van der Waals surface area contributed by atoms with Crippen molar-refractivity contribution in [2.45, 2.75) is 38.6 Å². The van der Waals surface area contributed by atoms with E-state index in [9.17, 15) is 4.79 Å². The van der Waals surface area contributed by atoms with Crippen LogP contribution in [-0.4, -0.2) is 25.1 Å². The summed E-state index contributed by atoms with van der Waals surface area (Å²) in [6, 6.07) is 7.49. The quantitative estimate of drug-likeness (QED) is 0.867. The lowest BCUT2D eigenvalue weighted by atomic mass is 9.84. The third-order valence-electron chi connectivity index (χ3n) is 3.96. The molecule has 4 heteroatoms. The molecule has 1 amide bonds. The second-order valence-corrected chi connectivity index (χ2v) is 5.32. The Balaban J connectivity index is 1.96. The largest absolute Gasteiger partial charge is 0.494 e. The summed E-state index contributed by atoms with van der Waals surface area (Å²) in [6.07, 6.45) is 4.54. The SMILES string of the molecule is CCOc1ccc(C(=O)NC2CCCCC2CN)cc1. The Morgan fingerprint density at radius 1 is 1.30 bits per heavy atom. The predicted molar refractivity (Wildman–Crippen MR) is 79.9 cm³/mol. The van der Waals surface area contributed by atoms with Crippen molar-refractivity contribution in [1.29, 1.82) is 0 Å². The molecular formula is C16H24N2O2. The van der Waals surface area contributed by atoms with Gasteiger partial charge in [-0.05, 0) is 56.5 Å². The molecule has 110 valence electrons. The topological polar surface area (TPSA) is 64.3 Å². The number of nitrogens with two attached hydrogens (primary N) is 1. The minimum Gasteiger partial charge on any atom is -0.494 e. The molecule has 1 aromatic rings. The molecule has 0 spiro atoms. The molecule has 3 N–H and O–H groups in total. The Morgan fingerprint density at radius 2 is 2.00 bits per heavy atom. The van der Waals surface area contributed by atoms with Crippen molar-refractivity contribution < 1.29 is 9.53 Å². The number of nitrogens with one attached hydrogen (secondary N) is 1. The Labute approximate surface area is 120 Å². The average molecular weight is 276 g/mol. The predicted octanol–water partition coefficient (Wildman–Crippen LogP) is 2.33. The molecule has 1 aromatic carbocycles. The number of hydrogen-bond donors (Lipinski definition) is 2. The van der Waals surface area contributed by atoms with Gasteiger partial charge < -0.3 is 15.8 Å². The van der Waals surface area contributed by atoms with Gasteiger partial charge in [0.2, 0.25) is 0 Å². The maximum absolute atomic E-state index is 12.3. The van der Waals surface area contributed by atoms with Crippen LogP contribution < -0.4 is 15.8 Å². The van der Waals surface area contributed by atoms with Crippen LogP contribution in [0.3, 0.4) is 0 Å². The minimum atomic E-state index is -0.0154. The van der Waals surface area contributed by atoms with E-state index in [0.29, 0.717) is 24.6 Å². The number of ether oxygens (including phenoxy) is 1. The molecule has 1 fully saturated rings. The number of carbonyl (C=O) groups is 1. The van der Waals surface area contributed by atoms with Gasteiger partial charge in [-0.3, -0.25) is 4.79 Å². The molecule has 20 heavy (non-hydrogen) atoms. The summed E-state index contributed by atoms with van der Waals surface area (Å²) in [6.45, 7) is 3.22. The van der Waals surface area contributed by atoms with Gasteiger partial charge in [-0.2, -0.15) is 0 Å². The normalized spacial score (nSPS) is 22.3. The highest BCUT2D eigenvalue weighted by molar-refractivity contribution is 5.94. The fourth-order valence-corrected chi connectivity index (χ4v) is 2.80. The minimum absolute atomic E-state index is 0.0154. The van der Waals surface area contributed by atoms with Crippen molar-refractivity contribution in [2.75, 3.05) is 13.2 Å². The van der Waals surface area contributed by atoms with Gasteiger partial charge in [-0.1, -0.05) is 12.8 Å². The van der Waals surface area contributed by atoms with Crippen LogP contribution in [0.15, 0.2) is 24.3 Å². The lowest BCUT2D eigenvalue weighted by molar-refractivity contribution is 0.0908. The van der Waals surface area contributed by atoms with Crippen LogP contribution in [0.4, 0.5) is 0 Å². The number of carbonyl (C=O) groups excluding carboxylic acids is 1. The summed E-state index contributed by atoms with van der Waals surface area (Å²) in [5, 5.41) is 3.13. The highest BCUT2D eigenvalue weighted by Crippen LogP contribution is 2.24. The highest BCUT2D eigenvalue weighted by atomic mass is 16.5. The van der Waals surface area contributed by atoms with Crippen molar-refractivity contribution in [3.05, 3.63) is 29.8 Å². The molecule has 0 heterocycles. The molecule has 1 aliphatic rings. The maximum Gasteiger partial charge on any atom is 0.251 e. The van der Waals surface area contributed by atoms with Gasteiger partial charge in [0.15, 0.2) is 0 Å². The molecule has 1 aliphatic carbocycles. The number of benzene rings is 1. The van der Waals surface area contributed by atoms with Crippen LogP contribution in [0, 0.1) is 5.92 Å². The maximum atomic E-state index is 12.3. The van der Waals surface area contributed by atoms with E-state index in [0.717, 1.165) is 18.6 Å². The monoisotopic (exact) mass is 276 g/mol. The Hall–Kier alpha value is -1.55. The molecule has 0 aromatic heterocycles. The van der Waals surface area contributed by atoms with Crippen molar-refractivity contribution in [3.8, 4) is 5.75 Å². The lowest BCUT2D eigenvalue weighted by Gasteiger charge is -2.31. The van der Waals surface area contributed by atoms with E-state index in [1.54, 1.807) is 12.1 Å². The molecular weight excluding hydrogens is 252 g/mol. The Kier molecular flexibility index (Phi) is 5.41. The summed E-state index contributed by atoms with van der Waals surface area (Å²) in [4.78, 5) is 12.3. The van der Waals surface area contributed by atoms with Crippen LogP contribution >= 0.6 is 0 Å². The summed E-state index contributed by atoms with van der Waals surface area (Å²) < 4.78 is 5.38. The first-order valence-corrected chi connectivity index (χ1v) is 7.48. The van der Waals surface area contributed by atoms with Crippen LogP contribution in [0.2, 0.25) is 0 Å². The van der Waals surface area contributed by atoms with Crippen molar-refractivity contribution in [2.24, 2.45) is 11.7 Å². The molecule has 4 nitrogen and oxygen atoms in total. The van der Waals surface area contributed by atoms with Crippen molar-refractivity contribution >= 4 is 5.91 Å². The molecule has 0 aliphatic heterocycles. The van der Waals surface area contributed by atoms with Gasteiger partial charge in [0.05, 0.1) is 6.61 Å². The molecule has 2 rings (SSSR count). The third kappa shape index (κ3) is 3.73. The summed E-state index contributed by atoms with van der Waals surface area (Å²) in [7, 11) is 0. The van der Waals surface area contributed by atoms with Crippen molar-refractivity contribution in [3.63, 3.8) is 0 Å². The molecule has 0 bridgehead atoms. The number of hydrogen-bond acceptors (Lipinski definition) is 3. The van der Waals surface area contributed by atoms with Gasteiger partial charge in [0.1, 0.15) is 5.75 Å². The second kappa shape index (κ2) is 7.29. The highest BCUT2D eigenvalue weighted by Gasteiger charge is 2.25. The van der Waals surface area contributed by atoms with E-state index in [4.69, 9.17) is 10.5 Å². The zero-order valence-electron chi connectivity index (χ0n) is 12.1. The summed E-state index contributed by atoms with van der Waals surface area (Å²) in [5.74, 6) is 1.19. The average Bonchev–Trinajstić information content (AvgIpc) is 2.49. The van der Waals surface area contributed by atoms with Gasteiger partial charge in [0.25, 0.3) is 5.91 Å². The Bertz CT molecular complexity index is 431. The van der Waals surface area contributed by atoms with Gasteiger partial charge in [0, 0.05) is 11.6 Å². The smallest absolute Gasteiger partial charge is 0.251 e.